The number of aliphatic hydroxyl groups is 1. The first-order valence-corrected chi connectivity index (χ1v) is 6.51. The van der Waals surface area contributed by atoms with E-state index in [1.54, 1.807) is 38.2 Å². The van der Waals surface area contributed by atoms with Gasteiger partial charge < -0.3 is 20.6 Å². The molecular formula is C14H21N3O3. The van der Waals surface area contributed by atoms with Crippen molar-refractivity contribution in [1.82, 2.24) is 10.2 Å². The second-order valence-corrected chi connectivity index (χ2v) is 4.54. The number of nitrogens with zero attached hydrogens (tertiary/aromatic N) is 1. The first kappa shape index (κ1) is 16.0. The summed E-state index contributed by atoms with van der Waals surface area (Å²) in [6.07, 6.45) is -0.597. The molecule has 0 saturated carbocycles. The molecule has 0 spiro atoms. The SMILES string of the molecule is CCNC(=O)CN(C)C(=O)Nc1cccc(C(C)O)c1. The van der Waals surface area contributed by atoms with Crippen LogP contribution in [-0.4, -0.2) is 42.1 Å². The molecular weight excluding hydrogens is 258 g/mol. The van der Waals surface area contributed by atoms with E-state index in [9.17, 15) is 14.7 Å². The Hall–Kier alpha value is -2.08. The molecule has 6 heteroatoms. The van der Waals surface area contributed by atoms with Gasteiger partial charge in [-0.05, 0) is 31.5 Å². The Balaban J connectivity index is 2.61. The van der Waals surface area contributed by atoms with Gasteiger partial charge in [-0.2, -0.15) is 0 Å². The zero-order chi connectivity index (χ0) is 15.1. The fraction of sp³-hybridized carbons (Fsp3) is 0.429. The van der Waals surface area contributed by atoms with E-state index in [0.29, 0.717) is 17.8 Å². The van der Waals surface area contributed by atoms with E-state index in [2.05, 4.69) is 10.6 Å². The van der Waals surface area contributed by atoms with Gasteiger partial charge in [0.1, 0.15) is 6.54 Å². The van der Waals surface area contributed by atoms with Crippen molar-refractivity contribution in [2.75, 3.05) is 25.5 Å². The number of urea groups is 1. The Morgan fingerprint density at radius 2 is 2.10 bits per heavy atom. The first-order chi connectivity index (χ1) is 9.43. The summed E-state index contributed by atoms with van der Waals surface area (Å²) >= 11 is 0. The number of anilines is 1. The lowest BCUT2D eigenvalue weighted by Crippen LogP contribution is -2.40. The van der Waals surface area contributed by atoms with Gasteiger partial charge in [0.05, 0.1) is 6.10 Å². The largest absolute Gasteiger partial charge is 0.389 e. The van der Waals surface area contributed by atoms with Crippen molar-refractivity contribution >= 4 is 17.6 Å². The Morgan fingerprint density at radius 1 is 1.40 bits per heavy atom. The molecule has 0 fully saturated rings. The third-order valence-electron chi connectivity index (χ3n) is 2.72. The molecule has 1 unspecified atom stereocenters. The average Bonchev–Trinajstić information content (AvgIpc) is 2.39. The Labute approximate surface area is 118 Å². The molecule has 3 N–H and O–H groups in total. The molecule has 0 aliphatic rings. The van der Waals surface area contributed by atoms with Crippen LogP contribution in [0.3, 0.4) is 0 Å². The van der Waals surface area contributed by atoms with Gasteiger partial charge in [0.15, 0.2) is 0 Å². The summed E-state index contributed by atoms with van der Waals surface area (Å²) in [5.74, 6) is -0.206. The molecule has 3 amide bonds. The van der Waals surface area contributed by atoms with Gasteiger partial charge in [0.25, 0.3) is 0 Å². The van der Waals surface area contributed by atoms with Crippen molar-refractivity contribution < 1.29 is 14.7 Å². The van der Waals surface area contributed by atoms with Gasteiger partial charge in [-0.25, -0.2) is 4.79 Å². The smallest absolute Gasteiger partial charge is 0.322 e. The van der Waals surface area contributed by atoms with Crippen LogP contribution in [0.5, 0.6) is 0 Å². The third-order valence-corrected chi connectivity index (χ3v) is 2.72. The van der Waals surface area contributed by atoms with Crippen molar-refractivity contribution in [3.05, 3.63) is 29.8 Å². The fourth-order valence-corrected chi connectivity index (χ4v) is 1.64. The molecule has 0 radical (unpaired) electrons. The minimum absolute atomic E-state index is 0.00420. The van der Waals surface area contributed by atoms with Gasteiger partial charge in [-0.15, -0.1) is 0 Å². The van der Waals surface area contributed by atoms with Crippen molar-refractivity contribution in [2.45, 2.75) is 20.0 Å². The summed E-state index contributed by atoms with van der Waals surface area (Å²) < 4.78 is 0. The van der Waals surface area contributed by atoms with Gasteiger partial charge in [0.2, 0.25) is 5.91 Å². The van der Waals surface area contributed by atoms with Crippen LogP contribution in [0.4, 0.5) is 10.5 Å². The van der Waals surface area contributed by atoms with E-state index >= 15 is 0 Å². The number of likely N-dealkylation sites (N-methyl/N-ethyl adjacent to an activating group) is 2. The number of hydrogen-bond donors (Lipinski definition) is 3. The van der Waals surface area contributed by atoms with Gasteiger partial charge in [0, 0.05) is 19.3 Å². The Bertz CT molecular complexity index is 474. The lowest BCUT2D eigenvalue weighted by atomic mass is 10.1. The van der Waals surface area contributed by atoms with Crippen LogP contribution >= 0.6 is 0 Å². The lowest BCUT2D eigenvalue weighted by Gasteiger charge is -2.18. The van der Waals surface area contributed by atoms with E-state index in [-0.39, 0.29) is 18.5 Å². The number of aliphatic hydroxyl groups excluding tert-OH is 1. The topological polar surface area (TPSA) is 81.7 Å². The second kappa shape index (κ2) is 7.49. The Kier molecular flexibility index (Phi) is 5.99. The van der Waals surface area contributed by atoms with Crippen LogP contribution in [0.2, 0.25) is 0 Å². The summed E-state index contributed by atoms with van der Waals surface area (Å²) in [6.45, 7) is 4.00. The number of benzene rings is 1. The first-order valence-electron chi connectivity index (χ1n) is 6.51. The normalized spacial score (nSPS) is 11.6. The summed E-state index contributed by atoms with van der Waals surface area (Å²) in [5.41, 5.74) is 1.30. The Morgan fingerprint density at radius 3 is 2.70 bits per heavy atom. The van der Waals surface area contributed by atoms with Crippen molar-refractivity contribution in [1.29, 1.82) is 0 Å². The van der Waals surface area contributed by atoms with Gasteiger partial charge >= 0.3 is 6.03 Å². The molecule has 110 valence electrons. The molecule has 0 aliphatic carbocycles. The standard InChI is InChI=1S/C14H21N3O3/c1-4-15-13(19)9-17(3)14(20)16-12-7-5-6-11(8-12)10(2)18/h5-8,10,18H,4,9H2,1-3H3,(H,15,19)(H,16,20). The maximum Gasteiger partial charge on any atom is 0.322 e. The van der Waals surface area contributed by atoms with E-state index in [4.69, 9.17) is 0 Å². The predicted octanol–water partition coefficient (Wildman–Crippen LogP) is 1.34. The summed E-state index contributed by atoms with van der Waals surface area (Å²) in [5, 5.41) is 14.8. The van der Waals surface area contributed by atoms with Gasteiger partial charge in [-0.3, -0.25) is 4.79 Å². The molecule has 0 bridgehead atoms. The maximum atomic E-state index is 11.9. The quantitative estimate of drug-likeness (QED) is 0.760. The van der Waals surface area contributed by atoms with E-state index in [0.717, 1.165) is 0 Å². The molecule has 0 aliphatic heterocycles. The number of rotatable bonds is 5. The van der Waals surface area contributed by atoms with Crippen LogP contribution in [0.1, 0.15) is 25.5 Å². The minimum atomic E-state index is -0.597. The summed E-state index contributed by atoms with van der Waals surface area (Å²) in [7, 11) is 1.54. The van der Waals surface area contributed by atoms with Gasteiger partial charge in [-0.1, -0.05) is 12.1 Å². The highest BCUT2D eigenvalue weighted by Crippen LogP contribution is 2.17. The van der Waals surface area contributed by atoms with Crippen molar-refractivity contribution in [2.24, 2.45) is 0 Å². The molecule has 0 saturated heterocycles. The fourth-order valence-electron chi connectivity index (χ4n) is 1.64. The maximum absolute atomic E-state index is 11.9. The predicted molar refractivity (Wildman–Crippen MR) is 77.4 cm³/mol. The second-order valence-electron chi connectivity index (χ2n) is 4.54. The lowest BCUT2D eigenvalue weighted by molar-refractivity contribution is -0.121. The van der Waals surface area contributed by atoms with Crippen LogP contribution in [0.15, 0.2) is 24.3 Å². The molecule has 0 heterocycles. The minimum Gasteiger partial charge on any atom is -0.389 e. The third kappa shape index (κ3) is 4.89. The number of carbonyl (C=O) groups excluding carboxylic acids is 2. The highest BCUT2D eigenvalue weighted by Gasteiger charge is 2.12. The molecule has 1 rings (SSSR count). The zero-order valence-corrected chi connectivity index (χ0v) is 12.0. The molecule has 6 nitrogen and oxygen atoms in total. The molecule has 1 aromatic carbocycles. The van der Waals surface area contributed by atoms with Crippen molar-refractivity contribution in [3.8, 4) is 0 Å². The van der Waals surface area contributed by atoms with Crippen LogP contribution < -0.4 is 10.6 Å². The number of amides is 3. The summed E-state index contributed by atoms with van der Waals surface area (Å²) in [6, 6.07) is 6.57. The van der Waals surface area contributed by atoms with E-state index in [1.165, 1.54) is 4.90 Å². The van der Waals surface area contributed by atoms with Crippen LogP contribution in [-0.2, 0) is 4.79 Å². The number of carbonyl (C=O) groups is 2. The highest BCUT2D eigenvalue weighted by molar-refractivity contribution is 5.92. The molecule has 0 aromatic heterocycles. The van der Waals surface area contributed by atoms with Crippen LogP contribution in [0, 0.1) is 0 Å². The highest BCUT2D eigenvalue weighted by atomic mass is 16.3. The van der Waals surface area contributed by atoms with Crippen LogP contribution in [0.25, 0.3) is 0 Å². The molecule has 1 aromatic rings. The summed E-state index contributed by atoms with van der Waals surface area (Å²) in [4.78, 5) is 24.6. The molecule has 20 heavy (non-hydrogen) atoms. The number of nitrogens with one attached hydrogen (secondary N) is 2. The monoisotopic (exact) mass is 279 g/mol. The van der Waals surface area contributed by atoms with E-state index in [1.807, 2.05) is 6.92 Å². The average molecular weight is 279 g/mol. The molecule has 1 atom stereocenters. The zero-order valence-electron chi connectivity index (χ0n) is 12.0. The number of hydrogen-bond acceptors (Lipinski definition) is 3. The van der Waals surface area contributed by atoms with Crippen molar-refractivity contribution in [3.63, 3.8) is 0 Å². The van der Waals surface area contributed by atoms with E-state index < -0.39 is 6.10 Å².